The predicted octanol–water partition coefficient (Wildman–Crippen LogP) is 3.73. The lowest BCUT2D eigenvalue weighted by Crippen LogP contribution is -2.41. The van der Waals surface area contributed by atoms with E-state index in [1.165, 1.54) is 17.7 Å². The van der Waals surface area contributed by atoms with E-state index in [1.54, 1.807) is 22.2 Å². The molecule has 1 atom stereocenters. The standard InChI is InChI=1S/C24H25N7OS/c1-14-21(15-8-9-15)33-24(26-14)18-13-25-30(2)20(18)23(32)27-17-10-11-31-19(12-17)28-22(29-31)16-6-4-3-5-7-16/h3-7,13,15,17H,8-12H2,1-2H3,(H,27,32). The van der Waals surface area contributed by atoms with Gasteiger partial charge in [-0.05, 0) is 32.1 Å². The van der Waals surface area contributed by atoms with Crippen LogP contribution in [0.25, 0.3) is 22.0 Å². The van der Waals surface area contributed by atoms with Crippen LogP contribution < -0.4 is 5.32 Å². The molecule has 1 fully saturated rings. The number of carbonyl (C=O) groups excluding carboxylic acids is 1. The third kappa shape index (κ3) is 3.76. The van der Waals surface area contributed by atoms with E-state index in [0.29, 0.717) is 18.0 Å². The normalized spacial score (nSPS) is 17.7. The lowest BCUT2D eigenvalue weighted by atomic mass is 10.1. The quantitative estimate of drug-likeness (QED) is 0.491. The Hall–Kier alpha value is -3.33. The predicted molar refractivity (Wildman–Crippen MR) is 126 cm³/mol. The Morgan fingerprint density at radius 2 is 1.97 bits per heavy atom. The van der Waals surface area contributed by atoms with Crippen molar-refractivity contribution in [2.24, 2.45) is 7.05 Å². The van der Waals surface area contributed by atoms with Gasteiger partial charge in [0.05, 0.1) is 17.5 Å². The number of nitrogens with one attached hydrogen (secondary N) is 1. The van der Waals surface area contributed by atoms with Gasteiger partial charge in [0.1, 0.15) is 16.5 Å². The molecular weight excluding hydrogens is 434 g/mol. The monoisotopic (exact) mass is 459 g/mol. The van der Waals surface area contributed by atoms with Crippen molar-refractivity contribution in [1.82, 2.24) is 34.8 Å². The van der Waals surface area contributed by atoms with Crippen LogP contribution >= 0.6 is 11.3 Å². The van der Waals surface area contributed by atoms with Crippen molar-refractivity contribution in [1.29, 1.82) is 0 Å². The molecule has 1 N–H and O–H groups in total. The molecule has 0 spiro atoms. The van der Waals surface area contributed by atoms with Gasteiger partial charge in [0.2, 0.25) is 0 Å². The molecule has 3 aromatic heterocycles. The number of aromatic nitrogens is 6. The molecule has 168 valence electrons. The highest BCUT2D eigenvalue weighted by Crippen LogP contribution is 2.46. The van der Waals surface area contributed by atoms with Gasteiger partial charge in [-0.1, -0.05) is 30.3 Å². The fourth-order valence-electron chi connectivity index (χ4n) is 4.50. The van der Waals surface area contributed by atoms with Crippen molar-refractivity contribution in [3.8, 4) is 22.0 Å². The summed E-state index contributed by atoms with van der Waals surface area (Å²) in [6, 6.07) is 9.99. The van der Waals surface area contributed by atoms with Gasteiger partial charge in [0.25, 0.3) is 5.91 Å². The maximum absolute atomic E-state index is 13.3. The lowest BCUT2D eigenvalue weighted by Gasteiger charge is -2.23. The van der Waals surface area contributed by atoms with E-state index >= 15 is 0 Å². The van der Waals surface area contributed by atoms with Crippen LogP contribution in [0.3, 0.4) is 0 Å². The van der Waals surface area contributed by atoms with Crippen molar-refractivity contribution in [2.45, 2.75) is 51.1 Å². The first-order valence-electron chi connectivity index (χ1n) is 11.4. The van der Waals surface area contributed by atoms with Gasteiger partial charge in [0, 0.05) is 36.5 Å². The molecule has 8 nitrogen and oxygen atoms in total. The molecule has 0 radical (unpaired) electrons. The molecule has 0 bridgehead atoms. The minimum atomic E-state index is -0.118. The van der Waals surface area contributed by atoms with Gasteiger partial charge in [0.15, 0.2) is 5.82 Å². The third-order valence-electron chi connectivity index (χ3n) is 6.40. The topological polar surface area (TPSA) is 90.5 Å². The summed E-state index contributed by atoms with van der Waals surface area (Å²) < 4.78 is 3.61. The van der Waals surface area contributed by atoms with E-state index in [9.17, 15) is 4.79 Å². The SMILES string of the molecule is Cc1nc(-c2cnn(C)c2C(=O)NC2CCn3nc(-c4ccccc4)nc3C2)sc1C1CC1. The van der Waals surface area contributed by atoms with Gasteiger partial charge in [-0.25, -0.2) is 14.6 Å². The lowest BCUT2D eigenvalue weighted by molar-refractivity contribution is 0.0921. The molecule has 2 aliphatic rings. The van der Waals surface area contributed by atoms with Crippen LogP contribution in [-0.2, 0) is 20.0 Å². The summed E-state index contributed by atoms with van der Waals surface area (Å²) in [7, 11) is 1.81. The summed E-state index contributed by atoms with van der Waals surface area (Å²) >= 11 is 1.70. The number of nitrogens with zero attached hydrogens (tertiary/aromatic N) is 6. The zero-order valence-electron chi connectivity index (χ0n) is 18.7. The van der Waals surface area contributed by atoms with Gasteiger partial charge in [-0.15, -0.1) is 11.3 Å². The molecule has 1 aromatic carbocycles. The van der Waals surface area contributed by atoms with Crippen LogP contribution in [0.4, 0.5) is 0 Å². The Balaban J connectivity index is 1.21. The maximum Gasteiger partial charge on any atom is 0.270 e. The molecule has 1 aliphatic carbocycles. The van der Waals surface area contributed by atoms with E-state index < -0.39 is 0 Å². The maximum atomic E-state index is 13.3. The highest BCUT2D eigenvalue weighted by atomic mass is 32.1. The Bertz CT molecular complexity index is 1330. The Labute approximate surface area is 195 Å². The Morgan fingerprint density at radius 3 is 2.76 bits per heavy atom. The minimum Gasteiger partial charge on any atom is -0.347 e. The second-order valence-electron chi connectivity index (χ2n) is 8.88. The highest BCUT2D eigenvalue weighted by molar-refractivity contribution is 7.15. The largest absolute Gasteiger partial charge is 0.347 e. The summed E-state index contributed by atoms with van der Waals surface area (Å²) in [4.78, 5) is 24.2. The van der Waals surface area contributed by atoms with Crippen LogP contribution in [-0.4, -0.2) is 41.5 Å². The number of amides is 1. The van der Waals surface area contributed by atoms with Gasteiger partial charge in [-0.2, -0.15) is 10.2 Å². The Kier molecular flexibility index (Phi) is 4.86. The average Bonchev–Trinajstić information content (AvgIpc) is 3.26. The number of carbonyl (C=O) groups is 1. The van der Waals surface area contributed by atoms with E-state index in [2.05, 4.69) is 22.4 Å². The van der Waals surface area contributed by atoms with E-state index in [-0.39, 0.29) is 11.9 Å². The number of benzene rings is 1. The van der Waals surface area contributed by atoms with E-state index in [4.69, 9.17) is 9.97 Å². The summed E-state index contributed by atoms with van der Waals surface area (Å²) in [6.07, 6.45) is 5.70. The van der Waals surface area contributed by atoms with E-state index in [0.717, 1.165) is 46.4 Å². The smallest absolute Gasteiger partial charge is 0.270 e. The zero-order valence-corrected chi connectivity index (χ0v) is 19.5. The molecule has 33 heavy (non-hydrogen) atoms. The molecule has 4 heterocycles. The van der Waals surface area contributed by atoms with Crippen molar-refractivity contribution >= 4 is 17.2 Å². The average molecular weight is 460 g/mol. The number of aryl methyl sites for hydroxylation is 3. The molecule has 1 saturated carbocycles. The highest BCUT2D eigenvalue weighted by Gasteiger charge is 2.31. The fourth-order valence-corrected chi connectivity index (χ4v) is 5.75. The number of fused-ring (bicyclic) bond motifs is 1. The summed E-state index contributed by atoms with van der Waals surface area (Å²) in [5.74, 6) is 2.16. The summed E-state index contributed by atoms with van der Waals surface area (Å²) in [5, 5.41) is 13.1. The first-order chi connectivity index (χ1) is 16.1. The first kappa shape index (κ1) is 20.3. The molecular formula is C24H25N7OS. The van der Waals surface area contributed by atoms with Crippen LogP contribution in [0, 0.1) is 6.92 Å². The molecule has 1 amide bonds. The van der Waals surface area contributed by atoms with Crippen LogP contribution in [0.1, 0.15) is 52.1 Å². The van der Waals surface area contributed by atoms with Crippen LogP contribution in [0.15, 0.2) is 36.5 Å². The van der Waals surface area contributed by atoms with Crippen molar-refractivity contribution < 1.29 is 4.79 Å². The molecule has 1 aliphatic heterocycles. The molecule has 9 heteroatoms. The van der Waals surface area contributed by atoms with Crippen LogP contribution in [0.2, 0.25) is 0 Å². The third-order valence-corrected chi connectivity index (χ3v) is 7.75. The van der Waals surface area contributed by atoms with Crippen molar-refractivity contribution in [3.63, 3.8) is 0 Å². The molecule has 6 rings (SSSR count). The van der Waals surface area contributed by atoms with Gasteiger partial charge < -0.3 is 5.32 Å². The zero-order chi connectivity index (χ0) is 22.5. The number of hydrogen-bond donors (Lipinski definition) is 1. The minimum absolute atomic E-state index is 0.000583. The number of thiazole rings is 1. The molecule has 1 unspecified atom stereocenters. The van der Waals surface area contributed by atoms with Gasteiger partial charge in [-0.3, -0.25) is 9.48 Å². The van der Waals surface area contributed by atoms with Gasteiger partial charge >= 0.3 is 0 Å². The second-order valence-corrected chi connectivity index (χ2v) is 9.91. The van der Waals surface area contributed by atoms with Crippen molar-refractivity contribution in [2.75, 3.05) is 0 Å². The van der Waals surface area contributed by atoms with Crippen LogP contribution in [0.5, 0.6) is 0 Å². The fraction of sp³-hybridized carbons (Fsp3) is 0.375. The number of rotatable bonds is 5. The first-order valence-corrected chi connectivity index (χ1v) is 12.2. The van der Waals surface area contributed by atoms with E-state index in [1.807, 2.05) is 42.1 Å². The summed E-state index contributed by atoms with van der Waals surface area (Å²) in [6.45, 7) is 2.79. The number of hydrogen-bond acceptors (Lipinski definition) is 6. The second kappa shape index (κ2) is 7.91. The summed E-state index contributed by atoms with van der Waals surface area (Å²) in [5.41, 5.74) is 3.45. The van der Waals surface area contributed by atoms with Crippen molar-refractivity contribution in [3.05, 3.63) is 58.6 Å². The molecule has 4 aromatic rings. The Morgan fingerprint density at radius 1 is 1.15 bits per heavy atom. The molecule has 0 saturated heterocycles.